The van der Waals surface area contributed by atoms with Gasteiger partial charge in [0, 0.05) is 18.7 Å². The Morgan fingerprint density at radius 3 is 2.94 bits per heavy atom. The summed E-state index contributed by atoms with van der Waals surface area (Å²) in [6.07, 6.45) is 3.24. The molecule has 3 heterocycles. The van der Waals surface area contributed by atoms with E-state index >= 15 is 0 Å². The lowest BCUT2D eigenvalue weighted by Gasteiger charge is -2.08. The number of hydrogen-bond donors (Lipinski definition) is 2. The number of hydrogen-bond acceptors (Lipinski definition) is 5. The lowest BCUT2D eigenvalue weighted by Crippen LogP contribution is -2.23. The number of nitrogens with zero attached hydrogens (tertiary/aromatic N) is 3. The molecule has 0 saturated carbocycles. The van der Waals surface area contributed by atoms with Crippen LogP contribution in [0, 0.1) is 6.92 Å². The van der Waals surface area contributed by atoms with Gasteiger partial charge in [-0.3, -0.25) is 14.2 Å². The number of aromatic amines is 1. The maximum atomic E-state index is 12.7. The number of benzene rings is 2. The number of carbonyl (C=O) groups is 1. The van der Waals surface area contributed by atoms with Crippen molar-refractivity contribution in [1.82, 2.24) is 19.5 Å². The van der Waals surface area contributed by atoms with E-state index in [1.165, 1.54) is 10.9 Å². The third kappa shape index (κ3) is 3.59. The Labute approximate surface area is 176 Å². The van der Waals surface area contributed by atoms with Crippen molar-refractivity contribution in [3.8, 4) is 11.6 Å². The summed E-state index contributed by atoms with van der Waals surface area (Å²) in [5.74, 6) is 1.08. The summed E-state index contributed by atoms with van der Waals surface area (Å²) < 4.78 is 6.83. The molecule has 0 aliphatic carbocycles. The molecule has 3 aromatic heterocycles. The van der Waals surface area contributed by atoms with Crippen molar-refractivity contribution in [3.05, 3.63) is 77.0 Å². The molecule has 5 aromatic rings. The SMILES string of the molecule is Cc1cccc2c(=O)n(CCC(=O)Nc3ccc4nc(-c5ccco5)[nH]c4c3)cnc12. The van der Waals surface area contributed by atoms with Crippen LogP contribution in [-0.2, 0) is 11.3 Å². The summed E-state index contributed by atoms with van der Waals surface area (Å²) in [5.41, 5.74) is 3.69. The number of rotatable bonds is 5. The summed E-state index contributed by atoms with van der Waals surface area (Å²) in [5, 5.41) is 3.42. The van der Waals surface area contributed by atoms with Gasteiger partial charge in [0.2, 0.25) is 5.91 Å². The number of nitrogens with one attached hydrogen (secondary N) is 2. The van der Waals surface area contributed by atoms with Crippen LogP contribution < -0.4 is 10.9 Å². The summed E-state index contributed by atoms with van der Waals surface area (Å²) in [4.78, 5) is 37.2. The molecule has 0 aliphatic rings. The van der Waals surface area contributed by atoms with Crippen molar-refractivity contribution in [2.24, 2.45) is 0 Å². The third-order valence-electron chi connectivity index (χ3n) is 5.16. The second-order valence-corrected chi connectivity index (χ2v) is 7.31. The monoisotopic (exact) mass is 413 g/mol. The van der Waals surface area contributed by atoms with E-state index in [2.05, 4.69) is 20.3 Å². The first-order valence-electron chi connectivity index (χ1n) is 9.87. The van der Waals surface area contributed by atoms with Gasteiger partial charge in [-0.2, -0.15) is 0 Å². The highest BCUT2D eigenvalue weighted by Gasteiger charge is 2.11. The van der Waals surface area contributed by atoms with Gasteiger partial charge in [0.05, 0.1) is 34.5 Å². The first-order valence-corrected chi connectivity index (χ1v) is 9.87. The predicted octanol–water partition coefficient (Wildman–Crippen LogP) is 3.87. The van der Waals surface area contributed by atoms with E-state index in [0.29, 0.717) is 28.2 Å². The molecule has 0 spiro atoms. The van der Waals surface area contributed by atoms with Gasteiger partial charge in [-0.05, 0) is 48.9 Å². The summed E-state index contributed by atoms with van der Waals surface area (Å²) in [6.45, 7) is 2.16. The first-order chi connectivity index (χ1) is 15.1. The molecule has 8 nitrogen and oxygen atoms in total. The third-order valence-corrected chi connectivity index (χ3v) is 5.16. The molecular weight excluding hydrogens is 394 g/mol. The molecule has 0 bridgehead atoms. The highest BCUT2D eigenvalue weighted by molar-refractivity contribution is 5.93. The van der Waals surface area contributed by atoms with Crippen molar-refractivity contribution < 1.29 is 9.21 Å². The molecule has 0 aliphatic heterocycles. The molecule has 0 saturated heterocycles. The predicted molar refractivity (Wildman–Crippen MR) is 118 cm³/mol. The maximum Gasteiger partial charge on any atom is 0.261 e. The average Bonchev–Trinajstić information content (AvgIpc) is 3.43. The van der Waals surface area contributed by atoms with Crippen LogP contribution in [0.3, 0.4) is 0 Å². The van der Waals surface area contributed by atoms with Crippen LogP contribution in [0.5, 0.6) is 0 Å². The lowest BCUT2D eigenvalue weighted by molar-refractivity contribution is -0.116. The molecule has 5 rings (SSSR count). The number of aryl methyl sites for hydroxylation is 2. The molecule has 0 unspecified atom stereocenters. The van der Waals surface area contributed by atoms with E-state index in [0.717, 1.165) is 16.6 Å². The number of furan rings is 1. The number of carbonyl (C=O) groups excluding carboxylic acids is 1. The van der Waals surface area contributed by atoms with Gasteiger partial charge >= 0.3 is 0 Å². The van der Waals surface area contributed by atoms with Crippen LogP contribution in [0.25, 0.3) is 33.5 Å². The van der Waals surface area contributed by atoms with E-state index in [4.69, 9.17) is 4.42 Å². The number of imidazole rings is 1. The molecule has 1 amide bonds. The van der Waals surface area contributed by atoms with Crippen LogP contribution in [0.2, 0.25) is 0 Å². The Kier molecular flexibility index (Phi) is 4.59. The zero-order valence-corrected chi connectivity index (χ0v) is 16.8. The normalized spacial score (nSPS) is 11.3. The Balaban J connectivity index is 1.29. The van der Waals surface area contributed by atoms with Gasteiger partial charge < -0.3 is 14.7 Å². The second kappa shape index (κ2) is 7.56. The molecule has 0 fully saturated rings. The van der Waals surface area contributed by atoms with E-state index < -0.39 is 0 Å². The number of amides is 1. The minimum absolute atomic E-state index is 0.147. The fraction of sp³-hybridized carbons (Fsp3) is 0.130. The van der Waals surface area contributed by atoms with Crippen molar-refractivity contribution in [3.63, 3.8) is 0 Å². The zero-order chi connectivity index (χ0) is 21.4. The molecule has 0 atom stereocenters. The highest BCUT2D eigenvalue weighted by atomic mass is 16.3. The Morgan fingerprint density at radius 1 is 1.19 bits per heavy atom. The average molecular weight is 413 g/mol. The van der Waals surface area contributed by atoms with Crippen LogP contribution in [-0.4, -0.2) is 25.4 Å². The fourth-order valence-corrected chi connectivity index (χ4v) is 3.56. The van der Waals surface area contributed by atoms with Crippen LogP contribution >= 0.6 is 0 Å². The number of H-pyrrole nitrogens is 1. The standard InChI is InChI=1S/C23H19N5O3/c1-14-4-2-5-16-21(14)24-13-28(23(16)30)10-9-20(29)25-15-7-8-17-18(12-15)27-22(26-17)19-6-3-11-31-19/h2-8,11-13H,9-10H2,1H3,(H,25,29)(H,26,27). The van der Waals surface area contributed by atoms with Gasteiger partial charge in [0.25, 0.3) is 5.56 Å². The molecule has 154 valence electrons. The topological polar surface area (TPSA) is 106 Å². The molecular formula is C23H19N5O3. The lowest BCUT2D eigenvalue weighted by atomic mass is 10.1. The van der Waals surface area contributed by atoms with E-state index in [1.54, 1.807) is 24.5 Å². The highest BCUT2D eigenvalue weighted by Crippen LogP contribution is 2.23. The van der Waals surface area contributed by atoms with Gasteiger partial charge in [-0.15, -0.1) is 0 Å². The largest absolute Gasteiger partial charge is 0.461 e. The maximum absolute atomic E-state index is 12.7. The summed E-state index contributed by atoms with van der Waals surface area (Å²) in [7, 11) is 0. The van der Waals surface area contributed by atoms with Gasteiger partial charge in [0.1, 0.15) is 0 Å². The zero-order valence-electron chi connectivity index (χ0n) is 16.8. The second-order valence-electron chi connectivity index (χ2n) is 7.31. The number of fused-ring (bicyclic) bond motifs is 2. The number of anilines is 1. The van der Waals surface area contributed by atoms with Crippen molar-refractivity contribution >= 4 is 33.5 Å². The van der Waals surface area contributed by atoms with E-state index in [9.17, 15) is 9.59 Å². The summed E-state index contributed by atoms with van der Waals surface area (Å²) >= 11 is 0. The molecule has 31 heavy (non-hydrogen) atoms. The van der Waals surface area contributed by atoms with Crippen molar-refractivity contribution in [1.29, 1.82) is 0 Å². The molecule has 8 heteroatoms. The quantitative estimate of drug-likeness (QED) is 0.455. The smallest absolute Gasteiger partial charge is 0.261 e. The molecule has 2 N–H and O–H groups in total. The minimum atomic E-state index is -0.193. The Hall–Kier alpha value is -4.20. The van der Waals surface area contributed by atoms with E-state index in [1.807, 2.05) is 37.3 Å². The van der Waals surface area contributed by atoms with Gasteiger partial charge in [0.15, 0.2) is 11.6 Å². The van der Waals surface area contributed by atoms with E-state index in [-0.39, 0.29) is 24.4 Å². The van der Waals surface area contributed by atoms with Gasteiger partial charge in [-0.1, -0.05) is 12.1 Å². The minimum Gasteiger partial charge on any atom is -0.461 e. The number of aromatic nitrogens is 4. The molecule has 0 radical (unpaired) electrons. The van der Waals surface area contributed by atoms with Crippen molar-refractivity contribution in [2.45, 2.75) is 19.9 Å². The number of para-hydroxylation sites is 1. The fourth-order valence-electron chi connectivity index (χ4n) is 3.56. The van der Waals surface area contributed by atoms with Crippen LogP contribution in [0.1, 0.15) is 12.0 Å². The summed E-state index contributed by atoms with van der Waals surface area (Å²) in [6, 6.07) is 14.6. The Bertz CT molecular complexity index is 1460. The first kappa shape index (κ1) is 18.8. The van der Waals surface area contributed by atoms with Crippen LogP contribution in [0.15, 0.2) is 70.3 Å². The van der Waals surface area contributed by atoms with Gasteiger partial charge in [-0.25, -0.2) is 9.97 Å². The molecule has 2 aromatic carbocycles. The van der Waals surface area contributed by atoms with Crippen LogP contribution in [0.4, 0.5) is 5.69 Å². The van der Waals surface area contributed by atoms with Crippen molar-refractivity contribution in [2.75, 3.05) is 5.32 Å². The Morgan fingerprint density at radius 2 is 2.10 bits per heavy atom.